The maximum absolute atomic E-state index is 15.1. The average molecular weight is 582 g/mol. The number of aromatic hydroxyl groups is 1. The number of rotatable bonds is 7. The quantitative estimate of drug-likeness (QED) is 0.303. The molecule has 2 N–H and O–H groups in total. The zero-order valence-electron chi connectivity index (χ0n) is 23.5. The molecule has 0 spiro atoms. The summed E-state index contributed by atoms with van der Waals surface area (Å²) in [6, 6.07) is 14.4. The first-order valence-corrected chi connectivity index (χ1v) is 13.1. The average Bonchev–Trinajstić information content (AvgIpc) is 2.91. The summed E-state index contributed by atoms with van der Waals surface area (Å²) in [5, 5.41) is 12.7. The fraction of sp³-hybridized carbons (Fsp3) is 0.258. The minimum Gasteiger partial charge on any atom is -0.505 e. The lowest BCUT2D eigenvalue weighted by Crippen LogP contribution is -2.46. The fourth-order valence-electron chi connectivity index (χ4n) is 4.56. The van der Waals surface area contributed by atoms with Crippen LogP contribution in [0.25, 0.3) is 11.1 Å². The number of amides is 1. The number of halogens is 3. The molecule has 1 amide bonds. The Balaban J connectivity index is 1.95. The molecule has 220 valence electrons. The Labute approximate surface area is 239 Å². The SMILES string of the molecule is Cc1c(-c2cccc(O)c2F)c(=O)n(CC(NC(=O)OC(C)(C)C)c2ccccc2)c(=O)n1Cc1c(F)cccc1F. The van der Waals surface area contributed by atoms with Crippen LogP contribution in [0.2, 0.25) is 0 Å². The van der Waals surface area contributed by atoms with Gasteiger partial charge in [0.2, 0.25) is 0 Å². The molecule has 11 heteroatoms. The van der Waals surface area contributed by atoms with E-state index in [1.54, 1.807) is 51.1 Å². The number of benzene rings is 3. The number of nitrogens with one attached hydrogen (secondary N) is 1. The molecule has 8 nitrogen and oxygen atoms in total. The highest BCUT2D eigenvalue weighted by atomic mass is 19.1. The van der Waals surface area contributed by atoms with E-state index in [-0.39, 0.29) is 16.8 Å². The van der Waals surface area contributed by atoms with Gasteiger partial charge in [0, 0.05) is 16.8 Å². The first kappa shape index (κ1) is 30.2. The molecular weight excluding hydrogens is 551 g/mol. The Hall–Kier alpha value is -4.80. The molecule has 0 radical (unpaired) electrons. The molecule has 0 aliphatic carbocycles. The summed E-state index contributed by atoms with van der Waals surface area (Å²) in [5.74, 6) is -3.68. The molecule has 1 aromatic heterocycles. The van der Waals surface area contributed by atoms with E-state index in [1.807, 2.05) is 0 Å². The van der Waals surface area contributed by atoms with E-state index >= 15 is 4.39 Å². The van der Waals surface area contributed by atoms with Crippen LogP contribution in [-0.4, -0.2) is 25.9 Å². The van der Waals surface area contributed by atoms with E-state index in [9.17, 15) is 28.3 Å². The standard InChI is InChI=1S/C31H30F3N3O5/c1-18-26(20-12-8-15-25(38)27(20)34)28(39)37(30(41)36(18)16-21-22(32)13-9-14-23(21)33)17-24(19-10-6-5-7-11-19)35-29(40)42-31(2,3)4/h5-15,24,38H,16-17H2,1-4H3,(H,35,40). The van der Waals surface area contributed by atoms with Gasteiger partial charge >= 0.3 is 11.8 Å². The normalized spacial score (nSPS) is 12.2. The van der Waals surface area contributed by atoms with Crippen molar-refractivity contribution in [3.8, 4) is 16.9 Å². The number of carbonyl (C=O) groups excluding carboxylic acids is 1. The third-order valence-electron chi connectivity index (χ3n) is 6.57. The number of phenolic OH excluding ortho intramolecular Hbond substituents is 1. The molecule has 0 fully saturated rings. The molecule has 4 rings (SSSR count). The molecule has 4 aromatic rings. The Kier molecular flexibility index (Phi) is 8.60. The molecule has 0 aliphatic rings. The van der Waals surface area contributed by atoms with Gasteiger partial charge in [-0.3, -0.25) is 13.9 Å². The first-order valence-electron chi connectivity index (χ1n) is 13.1. The second-order valence-corrected chi connectivity index (χ2v) is 10.7. The summed E-state index contributed by atoms with van der Waals surface area (Å²) in [4.78, 5) is 40.5. The number of phenols is 1. The number of alkyl carbamates (subject to hydrolysis) is 1. The largest absolute Gasteiger partial charge is 0.505 e. The van der Waals surface area contributed by atoms with Gasteiger partial charge in [-0.2, -0.15) is 0 Å². The van der Waals surface area contributed by atoms with E-state index in [4.69, 9.17) is 4.74 Å². The number of nitrogens with zero attached hydrogens (tertiary/aromatic N) is 2. The number of ether oxygens (including phenoxy) is 1. The van der Waals surface area contributed by atoms with Crippen molar-refractivity contribution in [3.05, 3.63) is 122 Å². The summed E-state index contributed by atoms with van der Waals surface area (Å²) in [6.45, 7) is 5.31. The van der Waals surface area contributed by atoms with Crippen LogP contribution in [0.3, 0.4) is 0 Å². The summed E-state index contributed by atoms with van der Waals surface area (Å²) in [7, 11) is 0. The van der Waals surface area contributed by atoms with Crippen LogP contribution < -0.4 is 16.6 Å². The molecule has 0 saturated carbocycles. The molecule has 1 unspecified atom stereocenters. The summed E-state index contributed by atoms with van der Waals surface area (Å²) >= 11 is 0. The van der Waals surface area contributed by atoms with Gasteiger partial charge < -0.3 is 15.2 Å². The van der Waals surface area contributed by atoms with Gasteiger partial charge in [0.25, 0.3) is 5.56 Å². The number of aromatic nitrogens is 2. The third-order valence-corrected chi connectivity index (χ3v) is 6.57. The highest BCUT2D eigenvalue weighted by Crippen LogP contribution is 2.28. The highest BCUT2D eigenvalue weighted by Gasteiger charge is 2.26. The third kappa shape index (κ3) is 6.40. The van der Waals surface area contributed by atoms with Crippen LogP contribution >= 0.6 is 0 Å². The van der Waals surface area contributed by atoms with Crippen molar-refractivity contribution in [2.24, 2.45) is 0 Å². The van der Waals surface area contributed by atoms with E-state index in [2.05, 4.69) is 5.32 Å². The van der Waals surface area contributed by atoms with Crippen LogP contribution in [0.4, 0.5) is 18.0 Å². The maximum atomic E-state index is 15.1. The van der Waals surface area contributed by atoms with Crippen molar-refractivity contribution in [3.63, 3.8) is 0 Å². The van der Waals surface area contributed by atoms with Crippen LogP contribution in [-0.2, 0) is 17.8 Å². The van der Waals surface area contributed by atoms with Gasteiger partial charge in [-0.1, -0.05) is 48.5 Å². The van der Waals surface area contributed by atoms with Crippen molar-refractivity contribution < 1.29 is 27.8 Å². The van der Waals surface area contributed by atoms with Crippen LogP contribution in [0.5, 0.6) is 5.75 Å². The Bertz CT molecular complexity index is 1720. The van der Waals surface area contributed by atoms with Crippen LogP contribution in [0.1, 0.15) is 43.6 Å². The lowest BCUT2D eigenvalue weighted by molar-refractivity contribution is 0.0497. The summed E-state index contributed by atoms with van der Waals surface area (Å²) < 4.78 is 51.5. The van der Waals surface area contributed by atoms with E-state index in [0.29, 0.717) is 5.56 Å². The summed E-state index contributed by atoms with van der Waals surface area (Å²) in [5.41, 5.74) is -3.34. The van der Waals surface area contributed by atoms with Crippen molar-refractivity contribution in [1.82, 2.24) is 14.5 Å². The minimum absolute atomic E-state index is 0.0789. The number of carbonyl (C=O) groups is 1. The van der Waals surface area contributed by atoms with Gasteiger partial charge in [0.15, 0.2) is 11.6 Å². The summed E-state index contributed by atoms with van der Waals surface area (Å²) in [6.07, 6.45) is -0.815. The van der Waals surface area contributed by atoms with Gasteiger partial charge in [0.1, 0.15) is 17.2 Å². The molecule has 0 bridgehead atoms. The zero-order valence-corrected chi connectivity index (χ0v) is 23.5. The van der Waals surface area contributed by atoms with Gasteiger partial charge in [-0.25, -0.2) is 22.8 Å². The van der Waals surface area contributed by atoms with Crippen molar-refractivity contribution in [1.29, 1.82) is 0 Å². The van der Waals surface area contributed by atoms with E-state index in [0.717, 1.165) is 27.3 Å². The zero-order chi connectivity index (χ0) is 30.8. The molecule has 1 atom stereocenters. The molecule has 42 heavy (non-hydrogen) atoms. The van der Waals surface area contributed by atoms with E-state index < -0.39 is 70.8 Å². The predicted molar refractivity (Wildman–Crippen MR) is 151 cm³/mol. The molecular formula is C31H30F3N3O5. The van der Waals surface area contributed by atoms with Gasteiger partial charge in [-0.05, 0) is 51.5 Å². The van der Waals surface area contributed by atoms with Gasteiger partial charge in [0.05, 0.1) is 24.7 Å². The minimum atomic E-state index is -1.11. The topological polar surface area (TPSA) is 103 Å². The van der Waals surface area contributed by atoms with Gasteiger partial charge in [-0.15, -0.1) is 0 Å². The Morgan fingerprint density at radius 3 is 2.17 bits per heavy atom. The maximum Gasteiger partial charge on any atom is 0.408 e. The first-order chi connectivity index (χ1) is 19.8. The molecule has 3 aromatic carbocycles. The lowest BCUT2D eigenvalue weighted by atomic mass is 10.0. The monoisotopic (exact) mass is 581 g/mol. The van der Waals surface area contributed by atoms with Crippen molar-refractivity contribution >= 4 is 6.09 Å². The Morgan fingerprint density at radius 2 is 1.55 bits per heavy atom. The smallest absolute Gasteiger partial charge is 0.408 e. The molecule has 1 heterocycles. The number of hydrogen-bond acceptors (Lipinski definition) is 5. The highest BCUT2D eigenvalue weighted by molar-refractivity contribution is 5.69. The van der Waals surface area contributed by atoms with Crippen molar-refractivity contribution in [2.45, 2.75) is 52.4 Å². The Morgan fingerprint density at radius 1 is 0.929 bits per heavy atom. The molecule has 0 aliphatic heterocycles. The van der Waals surface area contributed by atoms with Crippen LogP contribution in [0, 0.1) is 24.4 Å². The van der Waals surface area contributed by atoms with Crippen LogP contribution in [0.15, 0.2) is 76.3 Å². The van der Waals surface area contributed by atoms with E-state index in [1.165, 1.54) is 25.1 Å². The lowest BCUT2D eigenvalue weighted by Gasteiger charge is -2.25. The second kappa shape index (κ2) is 12.0. The van der Waals surface area contributed by atoms with Crippen molar-refractivity contribution in [2.75, 3.05) is 0 Å². The molecule has 0 saturated heterocycles. The number of hydrogen-bond donors (Lipinski definition) is 2. The second-order valence-electron chi connectivity index (χ2n) is 10.7. The fourth-order valence-corrected chi connectivity index (χ4v) is 4.56. The predicted octanol–water partition coefficient (Wildman–Crippen LogP) is 5.42.